The molecule has 126 valence electrons. The van der Waals surface area contributed by atoms with Gasteiger partial charge in [0.15, 0.2) is 0 Å². The van der Waals surface area contributed by atoms with Crippen molar-refractivity contribution in [3.05, 3.63) is 30.3 Å². The Morgan fingerprint density at radius 1 is 1.35 bits per heavy atom. The van der Waals surface area contributed by atoms with Crippen LogP contribution in [0.4, 0.5) is 4.79 Å². The summed E-state index contributed by atoms with van der Waals surface area (Å²) in [7, 11) is 1.59. The van der Waals surface area contributed by atoms with Crippen molar-refractivity contribution < 1.29 is 24.2 Å². The topological polar surface area (TPSA) is 88.1 Å². The van der Waals surface area contributed by atoms with Gasteiger partial charge in [0.2, 0.25) is 5.91 Å². The van der Waals surface area contributed by atoms with E-state index in [4.69, 9.17) is 9.47 Å². The number of para-hydroxylation sites is 1. The first-order chi connectivity index (χ1) is 11.1. The van der Waals surface area contributed by atoms with Crippen LogP contribution in [-0.2, 0) is 9.53 Å². The highest BCUT2D eigenvalue weighted by Crippen LogP contribution is 2.20. The average molecular weight is 322 g/mol. The second-order valence-electron chi connectivity index (χ2n) is 5.38. The van der Waals surface area contributed by atoms with Crippen LogP contribution in [0.25, 0.3) is 0 Å². The number of amides is 2. The van der Waals surface area contributed by atoms with E-state index in [0.29, 0.717) is 25.3 Å². The number of hydrogen-bond donors (Lipinski definition) is 2. The number of benzene rings is 1. The van der Waals surface area contributed by atoms with Gasteiger partial charge in [-0.1, -0.05) is 18.2 Å². The summed E-state index contributed by atoms with van der Waals surface area (Å²) in [5.41, 5.74) is 0. The number of hydrogen-bond acceptors (Lipinski definition) is 5. The van der Waals surface area contributed by atoms with Gasteiger partial charge in [-0.15, -0.1) is 0 Å². The largest absolute Gasteiger partial charge is 0.416 e. The molecule has 0 unspecified atom stereocenters. The molecule has 1 aliphatic rings. The van der Waals surface area contributed by atoms with Crippen LogP contribution in [0.5, 0.6) is 5.75 Å². The van der Waals surface area contributed by atoms with Crippen molar-refractivity contribution in [2.45, 2.75) is 25.0 Å². The molecule has 2 amide bonds. The van der Waals surface area contributed by atoms with Crippen molar-refractivity contribution in [1.82, 2.24) is 10.2 Å². The number of rotatable bonds is 6. The van der Waals surface area contributed by atoms with E-state index in [9.17, 15) is 14.7 Å². The number of aliphatic hydroxyl groups is 1. The first-order valence-electron chi connectivity index (χ1n) is 7.60. The maximum Gasteiger partial charge on any atom is 0.416 e. The number of nitrogens with one attached hydrogen (secondary N) is 1. The maximum absolute atomic E-state index is 12.2. The fraction of sp³-hybridized carbons (Fsp3) is 0.500. The Bertz CT molecular complexity index is 522. The number of likely N-dealkylation sites (tertiary alicyclic amines) is 1. The second kappa shape index (κ2) is 8.50. The lowest BCUT2D eigenvalue weighted by molar-refractivity contribution is -0.125. The lowest BCUT2D eigenvalue weighted by Gasteiger charge is -2.22. The van der Waals surface area contributed by atoms with Crippen molar-refractivity contribution in [2.75, 3.05) is 26.8 Å². The standard InChI is InChI=1S/C16H22N2O5/c1-22-9-5-8-17-15(20)14-10-12(19)11-18(14)16(21)23-13-6-3-2-4-7-13/h2-4,6-7,12,14,19H,5,8-11H2,1H3,(H,17,20)/t12-,14-/m0/s1. The van der Waals surface area contributed by atoms with E-state index in [1.807, 2.05) is 6.07 Å². The summed E-state index contributed by atoms with van der Waals surface area (Å²) in [4.78, 5) is 25.7. The molecule has 0 radical (unpaired) electrons. The van der Waals surface area contributed by atoms with E-state index in [1.165, 1.54) is 4.90 Å². The van der Waals surface area contributed by atoms with Crippen molar-refractivity contribution in [1.29, 1.82) is 0 Å². The van der Waals surface area contributed by atoms with E-state index in [-0.39, 0.29) is 18.9 Å². The van der Waals surface area contributed by atoms with Crippen molar-refractivity contribution in [3.63, 3.8) is 0 Å². The molecule has 7 nitrogen and oxygen atoms in total. The van der Waals surface area contributed by atoms with E-state index < -0.39 is 18.2 Å². The van der Waals surface area contributed by atoms with Crippen LogP contribution in [0.2, 0.25) is 0 Å². The van der Waals surface area contributed by atoms with Crippen LogP contribution in [-0.4, -0.2) is 61.0 Å². The SMILES string of the molecule is COCCCNC(=O)[C@@H]1C[C@H](O)CN1C(=O)Oc1ccccc1. The molecular weight excluding hydrogens is 300 g/mol. The minimum absolute atomic E-state index is 0.0851. The third-order valence-corrected chi connectivity index (χ3v) is 3.59. The van der Waals surface area contributed by atoms with Crippen molar-refractivity contribution in [2.24, 2.45) is 0 Å². The fourth-order valence-electron chi connectivity index (χ4n) is 2.46. The summed E-state index contributed by atoms with van der Waals surface area (Å²) < 4.78 is 10.2. The van der Waals surface area contributed by atoms with Gasteiger partial charge in [-0.05, 0) is 18.6 Å². The van der Waals surface area contributed by atoms with Crippen LogP contribution in [0, 0.1) is 0 Å². The molecule has 1 saturated heterocycles. The first kappa shape index (κ1) is 17.2. The highest BCUT2D eigenvalue weighted by atomic mass is 16.6. The minimum atomic E-state index is -0.729. The molecule has 7 heteroatoms. The smallest absolute Gasteiger partial charge is 0.410 e. The molecule has 1 fully saturated rings. The van der Waals surface area contributed by atoms with Gasteiger partial charge in [0.05, 0.1) is 12.6 Å². The van der Waals surface area contributed by atoms with Gasteiger partial charge in [-0.25, -0.2) is 4.79 Å². The summed E-state index contributed by atoms with van der Waals surface area (Å²) in [6, 6.07) is 7.91. The second-order valence-corrected chi connectivity index (χ2v) is 5.38. The third-order valence-electron chi connectivity index (χ3n) is 3.59. The molecule has 0 bridgehead atoms. The Kier molecular flexibility index (Phi) is 6.37. The minimum Gasteiger partial charge on any atom is -0.410 e. The molecule has 0 spiro atoms. The molecule has 0 aromatic heterocycles. The summed E-state index contributed by atoms with van der Waals surface area (Å²) in [5, 5.41) is 12.5. The predicted molar refractivity (Wildman–Crippen MR) is 83.1 cm³/mol. The highest BCUT2D eigenvalue weighted by Gasteiger charge is 2.39. The molecular formula is C16H22N2O5. The Morgan fingerprint density at radius 3 is 2.78 bits per heavy atom. The monoisotopic (exact) mass is 322 g/mol. The predicted octanol–water partition coefficient (Wildman–Crippen LogP) is 0.773. The number of β-amino-alcohol motifs (C(OH)–C–C–N with tert-alkyl or cyclic N) is 1. The zero-order valence-corrected chi connectivity index (χ0v) is 13.1. The molecule has 2 atom stereocenters. The average Bonchev–Trinajstić information content (AvgIpc) is 2.94. The Labute approximate surface area is 135 Å². The highest BCUT2D eigenvalue weighted by molar-refractivity contribution is 5.86. The van der Waals surface area contributed by atoms with Gasteiger partial charge in [-0.2, -0.15) is 0 Å². The molecule has 1 aromatic rings. The Morgan fingerprint density at radius 2 is 2.09 bits per heavy atom. The summed E-state index contributed by atoms with van der Waals surface area (Å²) >= 11 is 0. The summed E-state index contributed by atoms with van der Waals surface area (Å²) in [5.74, 6) is 0.112. The van der Waals surface area contributed by atoms with E-state index in [1.54, 1.807) is 31.4 Å². The van der Waals surface area contributed by atoms with Gasteiger partial charge < -0.3 is 19.9 Å². The quantitative estimate of drug-likeness (QED) is 0.756. The summed E-state index contributed by atoms with van der Waals surface area (Å²) in [6.07, 6.45) is -0.468. The molecule has 1 aromatic carbocycles. The number of nitrogens with zero attached hydrogens (tertiary/aromatic N) is 1. The fourth-order valence-corrected chi connectivity index (χ4v) is 2.46. The molecule has 0 aliphatic carbocycles. The van der Waals surface area contributed by atoms with E-state index in [2.05, 4.69) is 5.32 Å². The zero-order valence-electron chi connectivity index (χ0n) is 13.1. The van der Waals surface area contributed by atoms with Gasteiger partial charge in [0, 0.05) is 26.7 Å². The number of ether oxygens (including phenoxy) is 2. The van der Waals surface area contributed by atoms with Gasteiger partial charge in [0.25, 0.3) is 0 Å². The van der Waals surface area contributed by atoms with Crippen LogP contribution in [0.1, 0.15) is 12.8 Å². The lowest BCUT2D eigenvalue weighted by Crippen LogP contribution is -2.47. The van der Waals surface area contributed by atoms with Crippen LogP contribution >= 0.6 is 0 Å². The molecule has 1 aliphatic heterocycles. The van der Waals surface area contributed by atoms with Gasteiger partial charge >= 0.3 is 6.09 Å². The lowest BCUT2D eigenvalue weighted by atomic mass is 10.2. The molecule has 1 heterocycles. The Hall–Kier alpha value is -2.12. The molecule has 0 saturated carbocycles. The summed E-state index contributed by atoms with van der Waals surface area (Å²) in [6.45, 7) is 1.09. The number of aliphatic hydroxyl groups excluding tert-OH is 1. The van der Waals surface area contributed by atoms with Crippen LogP contribution in [0.3, 0.4) is 0 Å². The third kappa shape index (κ3) is 4.94. The zero-order chi connectivity index (χ0) is 16.7. The maximum atomic E-state index is 12.2. The molecule has 2 rings (SSSR count). The molecule has 23 heavy (non-hydrogen) atoms. The van der Waals surface area contributed by atoms with E-state index in [0.717, 1.165) is 0 Å². The van der Waals surface area contributed by atoms with Gasteiger partial charge in [-0.3, -0.25) is 9.69 Å². The first-order valence-corrected chi connectivity index (χ1v) is 7.60. The van der Waals surface area contributed by atoms with Crippen molar-refractivity contribution in [3.8, 4) is 5.75 Å². The van der Waals surface area contributed by atoms with Crippen LogP contribution < -0.4 is 10.1 Å². The number of methoxy groups -OCH3 is 1. The van der Waals surface area contributed by atoms with Crippen LogP contribution in [0.15, 0.2) is 30.3 Å². The van der Waals surface area contributed by atoms with E-state index >= 15 is 0 Å². The molecule has 2 N–H and O–H groups in total. The number of carbonyl (C=O) groups excluding carboxylic acids is 2. The van der Waals surface area contributed by atoms with Gasteiger partial charge in [0.1, 0.15) is 11.8 Å². The Balaban J connectivity index is 1.93. The van der Waals surface area contributed by atoms with Crippen molar-refractivity contribution >= 4 is 12.0 Å². The number of carbonyl (C=O) groups is 2. The normalized spacial score (nSPS) is 20.3.